The summed E-state index contributed by atoms with van der Waals surface area (Å²) in [5, 5.41) is 4.73. The van der Waals surface area contributed by atoms with E-state index in [1.807, 2.05) is 36.4 Å². The first kappa shape index (κ1) is 21.1. The second-order valence-electron chi connectivity index (χ2n) is 6.63. The number of nitrogens with zero attached hydrogens (tertiary/aromatic N) is 2. The van der Waals surface area contributed by atoms with E-state index in [0.717, 1.165) is 31.2 Å². The van der Waals surface area contributed by atoms with Gasteiger partial charge in [-0.3, -0.25) is 4.79 Å². The van der Waals surface area contributed by atoms with Gasteiger partial charge >= 0.3 is 0 Å². The lowest BCUT2D eigenvalue weighted by Crippen LogP contribution is -2.24. The second kappa shape index (κ2) is 9.80. The van der Waals surface area contributed by atoms with Crippen LogP contribution in [0.3, 0.4) is 0 Å². The van der Waals surface area contributed by atoms with E-state index in [-0.39, 0.29) is 11.7 Å². The molecule has 31 heavy (non-hydrogen) atoms. The smallest absolute Gasteiger partial charge is 0.230 e. The summed E-state index contributed by atoms with van der Waals surface area (Å²) in [6, 6.07) is 17.9. The minimum absolute atomic E-state index is 0.0648. The van der Waals surface area contributed by atoms with Gasteiger partial charge in [0.2, 0.25) is 5.91 Å². The molecule has 0 aliphatic carbocycles. The van der Waals surface area contributed by atoms with Crippen LogP contribution in [0.15, 0.2) is 66.0 Å². The van der Waals surface area contributed by atoms with Crippen LogP contribution >= 0.6 is 23.1 Å². The van der Waals surface area contributed by atoms with Crippen molar-refractivity contribution in [1.29, 1.82) is 0 Å². The number of benzene rings is 2. The zero-order valence-corrected chi connectivity index (χ0v) is 18.8. The molecule has 0 atom stereocenters. The van der Waals surface area contributed by atoms with Crippen molar-refractivity contribution in [3.05, 3.63) is 66.5 Å². The Morgan fingerprint density at radius 1 is 1.03 bits per heavy atom. The highest BCUT2D eigenvalue weighted by Crippen LogP contribution is 2.36. The topological polar surface area (TPSA) is 73.3 Å². The summed E-state index contributed by atoms with van der Waals surface area (Å²) in [7, 11) is 3.18. The number of hydrogen-bond donors (Lipinski definition) is 1. The average molecular weight is 452 g/mol. The van der Waals surface area contributed by atoms with Crippen molar-refractivity contribution >= 4 is 39.2 Å². The van der Waals surface area contributed by atoms with Gasteiger partial charge in [0.15, 0.2) is 11.5 Å². The van der Waals surface area contributed by atoms with Crippen molar-refractivity contribution in [3.8, 4) is 21.9 Å². The van der Waals surface area contributed by atoms with Gasteiger partial charge < -0.3 is 14.8 Å². The van der Waals surface area contributed by atoms with Gasteiger partial charge in [0.05, 0.1) is 20.0 Å². The Labute approximate surface area is 188 Å². The van der Waals surface area contributed by atoms with Gasteiger partial charge in [-0.15, -0.1) is 11.3 Å². The van der Waals surface area contributed by atoms with Crippen LogP contribution in [0.1, 0.15) is 5.56 Å². The highest BCUT2D eigenvalue weighted by atomic mass is 32.2. The van der Waals surface area contributed by atoms with Crippen molar-refractivity contribution in [3.63, 3.8) is 0 Å². The van der Waals surface area contributed by atoms with Gasteiger partial charge in [0, 0.05) is 16.8 Å². The molecule has 8 heteroatoms. The molecule has 6 nitrogen and oxygen atoms in total. The predicted molar refractivity (Wildman–Crippen MR) is 125 cm³/mol. The van der Waals surface area contributed by atoms with Crippen LogP contribution in [0.4, 0.5) is 0 Å². The number of carbonyl (C=O) groups excluding carboxylic acids is 1. The third-order valence-electron chi connectivity index (χ3n) is 4.63. The normalized spacial score (nSPS) is 10.8. The van der Waals surface area contributed by atoms with Crippen LogP contribution in [0.2, 0.25) is 0 Å². The van der Waals surface area contributed by atoms with E-state index in [1.165, 1.54) is 11.8 Å². The zero-order chi connectivity index (χ0) is 21.6. The van der Waals surface area contributed by atoms with Crippen molar-refractivity contribution in [1.82, 2.24) is 15.3 Å². The van der Waals surface area contributed by atoms with E-state index in [1.54, 1.807) is 31.9 Å². The van der Waals surface area contributed by atoms with Crippen molar-refractivity contribution < 1.29 is 14.3 Å². The Bertz CT molecular complexity index is 1200. The van der Waals surface area contributed by atoms with E-state index >= 15 is 0 Å². The molecular weight excluding hydrogens is 430 g/mol. The Balaban J connectivity index is 1.40. The predicted octanol–water partition coefficient (Wildman–Crippen LogP) is 4.78. The van der Waals surface area contributed by atoms with Crippen molar-refractivity contribution in [2.75, 3.05) is 20.0 Å². The molecule has 0 saturated heterocycles. The third kappa shape index (κ3) is 4.98. The molecule has 2 aromatic carbocycles. The molecule has 1 N–H and O–H groups in total. The average Bonchev–Trinajstić information content (AvgIpc) is 3.27. The summed E-state index contributed by atoms with van der Waals surface area (Å²) in [5.74, 6) is 1.51. The Morgan fingerprint density at radius 2 is 1.84 bits per heavy atom. The van der Waals surface area contributed by atoms with E-state index < -0.39 is 0 Å². The summed E-state index contributed by atoms with van der Waals surface area (Å²) in [5.41, 5.74) is 2.08. The first-order valence-corrected chi connectivity index (χ1v) is 11.4. The number of nitrogens with one attached hydrogen (secondary N) is 1. The quantitative estimate of drug-likeness (QED) is 0.307. The number of aromatic nitrogens is 2. The molecule has 0 saturated carbocycles. The second-order valence-corrected chi connectivity index (χ2v) is 8.62. The first-order valence-electron chi connectivity index (χ1n) is 9.58. The van der Waals surface area contributed by atoms with Crippen LogP contribution < -0.4 is 14.8 Å². The summed E-state index contributed by atoms with van der Waals surface area (Å²) in [4.78, 5) is 23.2. The molecule has 0 spiro atoms. The van der Waals surface area contributed by atoms with Gasteiger partial charge in [-0.25, -0.2) is 9.97 Å². The monoisotopic (exact) mass is 451 g/mol. The molecule has 2 aromatic heterocycles. The van der Waals surface area contributed by atoms with E-state index in [0.29, 0.717) is 18.0 Å². The van der Waals surface area contributed by atoms with Crippen molar-refractivity contribution in [2.45, 2.75) is 11.6 Å². The molecule has 2 heterocycles. The fourth-order valence-electron chi connectivity index (χ4n) is 3.07. The molecule has 4 aromatic rings. The molecule has 0 radical (unpaired) electrons. The first-order chi connectivity index (χ1) is 15.2. The highest BCUT2D eigenvalue weighted by molar-refractivity contribution is 8.00. The standard InChI is InChI=1S/C23H21N3O3S2/c1-28-18-9-8-15(10-19(18)29-2)12-24-21(27)13-30-22-17-11-20(16-6-4-3-5-7-16)31-23(17)26-14-25-22/h3-11,14H,12-13H2,1-2H3,(H,24,27). The molecule has 0 aliphatic heterocycles. The number of amides is 1. The minimum Gasteiger partial charge on any atom is -0.493 e. The van der Waals surface area contributed by atoms with E-state index in [2.05, 4.69) is 33.5 Å². The minimum atomic E-state index is -0.0648. The van der Waals surface area contributed by atoms with Crippen LogP contribution in [-0.2, 0) is 11.3 Å². The number of thioether (sulfide) groups is 1. The highest BCUT2D eigenvalue weighted by Gasteiger charge is 2.12. The van der Waals surface area contributed by atoms with E-state index in [4.69, 9.17) is 9.47 Å². The van der Waals surface area contributed by atoms with Gasteiger partial charge in [0.25, 0.3) is 0 Å². The molecule has 0 aliphatic rings. The SMILES string of the molecule is COc1ccc(CNC(=O)CSc2ncnc3sc(-c4ccccc4)cc23)cc1OC. The summed E-state index contributed by atoms with van der Waals surface area (Å²) >= 11 is 3.04. The largest absolute Gasteiger partial charge is 0.493 e. The molecule has 1 amide bonds. The van der Waals surface area contributed by atoms with E-state index in [9.17, 15) is 4.79 Å². The summed E-state index contributed by atoms with van der Waals surface area (Å²) in [6.45, 7) is 0.412. The van der Waals surface area contributed by atoms with Gasteiger partial charge in [0.1, 0.15) is 16.2 Å². The lowest BCUT2D eigenvalue weighted by atomic mass is 10.2. The molecule has 0 unspecified atom stereocenters. The van der Waals surface area contributed by atoms with Crippen LogP contribution in [-0.4, -0.2) is 35.8 Å². The van der Waals surface area contributed by atoms with Crippen LogP contribution in [0.5, 0.6) is 11.5 Å². The fourth-order valence-corrected chi connectivity index (χ4v) is 4.94. The van der Waals surface area contributed by atoms with Crippen LogP contribution in [0.25, 0.3) is 20.7 Å². The number of rotatable bonds is 8. The maximum atomic E-state index is 12.4. The maximum Gasteiger partial charge on any atom is 0.230 e. The summed E-state index contributed by atoms with van der Waals surface area (Å²) in [6.07, 6.45) is 1.55. The number of hydrogen-bond acceptors (Lipinski definition) is 7. The molecule has 4 rings (SSSR count). The third-order valence-corrected chi connectivity index (χ3v) is 6.73. The molecule has 0 fully saturated rings. The zero-order valence-electron chi connectivity index (χ0n) is 17.1. The lowest BCUT2D eigenvalue weighted by molar-refractivity contribution is -0.118. The number of carbonyl (C=O) groups is 1. The van der Waals surface area contributed by atoms with Crippen LogP contribution in [0, 0.1) is 0 Å². The molecular formula is C23H21N3O3S2. The summed E-state index contributed by atoms with van der Waals surface area (Å²) < 4.78 is 10.6. The maximum absolute atomic E-state index is 12.4. The Kier molecular flexibility index (Phi) is 6.69. The molecule has 0 bridgehead atoms. The number of ether oxygens (including phenoxy) is 2. The van der Waals surface area contributed by atoms with Crippen molar-refractivity contribution in [2.24, 2.45) is 0 Å². The number of methoxy groups -OCH3 is 2. The van der Waals surface area contributed by atoms with Gasteiger partial charge in [-0.2, -0.15) is 0 Å². The molecule has 158 valence electrons. The number of thiophene rings is 1. The fraction of sp³-hybridized carbons (Fsp3) is 0.174. The number of fused-ring (bicyclic) bond motifs is 1. The lowest BCUT2D eigenvalue weighted by Gasteiger charge is -2.10. The Morgan fingerprint density at radius 3 is 2.61 bits per heavy atom. The Hall–Kier alpha value is -3.10. The van der Waals surface area contributed by atoms with Gasteiger partial charge in [-0.05, 0) is 29.3 Å². The van der Waals surface area contributed by atoms with Gasteiger partial charge in [-0.1, -0.05) is 48.2 Å².